The van der Waals surface area contributed by atoms with Crippen molar-refractivity contribution >= 4 is 6.09 Å². The van der Waals surface area contributed by atoms with Crippen molar-refractivity contribution in [2.24, 2.45) is 11.8 Å². The molecule has 1 saturated carbocycles. The molecule has 3 atom stereocenters. The van der Waals surface area contributed by atoms with E-state index >= 15 is 0 Å². The third kappa shape index (κ3) is 6.12. The van der Waals surface area contributed by atoms with Crippen molar-refractivity contribution in [3.05, 3.63) is 0 Å². The van der Waals surface area contributed by atoms with Crippen LogP contribution in [0.25, 0.3) is 0 Å². The minimum Gasteiger partial charge on any atom is -0.444 e. The zero-order chi connectivity index (χ0) is 15.3. The van der Waals surface area contributed by atoms with Crippen LogP contribution in [0.1, 0.15) is 53.9 Å². The SMILES string of the molecule is CC1CCC(NCCN(C)C(=O)OC(C)(C)C)CC1C. The Morgan fingerprint density at radius 2 is 1.90 bits per heavy atom. The van der Waals surface area contributed by atoms with Gasteiger partial charge in [-0.05, 0) is 51.9 Å². The van der Waals surface area contributed by atoms with Crippen LogP contribution >= 0.6 is 0 Å². The first kappa shape index (κ1) is 17.3. The van der Waals surface area contributed by atoms with Gasteiger partial charge in [-0.1, -0.05) is 13.8 Å². The molecule has 0 saturated heterocycles. The summed E-state index contributed by atoms with van der Waals surface area (Å²) >= 11 is 0. The second-order valence-corrected chi connectivity index (χ2v) is 7.32. The van der Waals surface area contributed by atoms with Gasteiger partial charge < -0.3 is 15.0 Å². The molecule has 0 aromatic carbocycles. The van der Waals surface area contributed by atoms with Crippen LogP contribution in [0, 0.1) is 11.8 Å². The number of hydrogen-bond acceptors (Lipinski definition) is 3. The Bertz CT molecular complexity index is 312. The van der Waals surface area contributed by atoms with Crippen LogP contribution in [0.15, 0.2) is 0 Å². The van der Waals surface area contributed by atoms with Crippen molar-refractivity contribution < 1.29 is 9.53 Å². The highest BCUT2D eigenvalue weighted by molar-refractivity contribution is 5.67. The van der Waals surface area contributed by atoms with E-state index in [1.54, 1.807) is 11.9 Å². The number of rotatable bonds is 4. The fourth-order valence-electron chi connectivity index (χ4n) is 2.60. The van der Waals surface area contributed by atoms with Gasteiger partial charge in [-0.3, -0.25) is 0 Å². The summed E-state index contributed by atoms with van der Waals surface area (Å²) in [5.74, 6) is 1.64. The summed E-state index contributed by atoms with van der Waals surface area (Å²) in [6.07, 6.45) is 3.56. The summed E-state index contributed by atoms with van der Waals surface area (Å²) in [5.41, 5.74) is -0.423. The molecule has 0 radical (unpaired) electrons. The average Bonchev–Trinajstić information content (AvgIpc) is 2.31. The molecular weight excluding hydrogens is 252 g/mol. The second-order valence-electron chi connectivity index (χ2n) is 7.32. The minimum absolute atomic E-state index is 0.245. The lowest BCUT2D eigenvalue weighted by molar-refractivity contribution is 0.0298. The number of nitrogens with zero attached hydrogens (tertiary/aromatic N) is 1. The Labute approximate surface area is 124 Å². The van der Waals surface area contributed by atoms with E-state index < -0.39 is 5.60 Å². The smallest absolute Gasteiger partial charge is 0.410 e. The van der Waals surface area contributed by atoms with Crippen LogP contribution in [-0.4, -0.2) is 42.8 Å². The molecule has 1 N–H and O–H groups in total. The van der Waals surface area contributed by atoms with Gasteiger partial charge in [-0.25, -0.2) is 4.79 Å². The lowest BCUT2D eigenvalue weighted by Crippen LogP contribution is -2.42. The fourth-order valence-corrected chi connectivity index (χ4v) is 2.60. The second kappa shape index (κ2) is 7.30. The molecule has 1 fully saturated rings. The third-order valence-corrected chi connectivity index (χ3v) is 4.18. The number of amides is 1. The zero-order valence-electron chi connectivity index (χ0n) is 14.0. The molecule has 0 aromatic rings. The molecule has 118 valence electrons. The molecule has 0 aliphatic heterocycles. The Morgan fingerprint density at radius 3 is 2.45 bits per heavy atom. The summed E-state index contributed by atoms with van der Waals surface area (Å²) in [5, 5.41) is 3.57. The Morgan fingerprint density at radius 1 is 1.25 bits per heavy atom. The Kier molecular flexibility index (Phi) is 6.31. The van der Waals surface area contributed by atoms with E-state index in [1.165, 1.54) is 19.3 Å². The summed E-state index contributed by atoms with van der Waals surface area (Å²) < 4.78 is 5.33. The molecule has 1 aliphatic rings. The largest absolute Gasteiger partial charge is 0.444 e. The van der Waals surface area contributed by atoms with E-state index in [0.717, 1.165) is 18.4 Å². The molecule has 4 heteroatoms. The maximum Gasteiger partial charge on any atom is 0.410 e. The highest BCUT2D eigenvalue weighted by Gasteiger charge is 2.24. The highest BCUT2D eigenvalue weighted by Crippen LogP contribution is 2.29. The fraction of sp³-hybridized carbons (Fsp3) is 0.938. The van der Waals surface area contributed by atoms with E-state index in [-0.39, 0.29) is 6.09 Å². The van der Waals surface area contributed by atoms with Gasteiger partial charge in [0.25, 0.3) is 0 Å². The maximum absolute atomic E-state index is 11.8. The molecule has 0 heterocycles. The quantitative estimate of drug-likeness (QED) is 0.861. The third-order valence-electron chi connectivity index (χ3n) is 4.18. The molecule has 4 nitrogen and oxygen atoms in total. The first-order chi connectivity index (χ1) is 9.19. The van der Waals surface area contributed by atoms with Crippen LogP contribution in [0.3, 0.4) is 0 Å². The Balaban J connectivity index is 2.22. The maximum atomic E-state index is 11.8. The number of likely N-dealkylation sites (N-methyl/N-ethyl adjacent to an activating group) is 1. The van der Waals surface area contributed by atoms with Gasteiger partial charge in [-0.2, -0.15) is 0 Å². The van der Waals surface area contributed by atoms with Gasteiger partial charge >= 0.3 is 6.09 Å². The van der Waals surface area contributed by atoms with Gasteiger partial charge in [0.05, 0.1) is 0 Å². The van der Waals surface area contributed by atoms with Gasteiger partial charge in [-0.15, -0.1) is 0 Å². The van der Waals surface area contributed by atoms with Crippen molar-refractivity contribution in [1.29, 1.82) is 0 Å². The minimum atomic E-state index is -0.423. The van der Waals surface area contributed by atoms with Gasteiger partial charge in [0.2, 0.25) is 0 Å². The predicted octanol–water partition coefficient (Wildman–Crippen LogP) is 3.27. The van der Waals surface area contributed by atoms with Crippen LogP contribution in [0.4, 0.5) is 4.79 Å². The molecular formula is C16H32N2O2. The molecule has 3 unspecified atom stereocenters. The highest BCUT2D eigenvalue weighted by atomic mass is 16.6. The summed E-state index contributed by atoms with van der Waals surface area (Å²) in [6.45, 7) is 11.9. The van der Waals surface area contributed by atoms with E-state index in [0.29, 0.717) is 12.6 Å². The van der Waals surface area contributed by atoms with Crippen LogP contribution in [0.5, 0.6) is 0 Å². The first-order valence-electron chi connectivity index (χ1n) is 7.86. The number of carbonyl (C=O) groups excluding carboxylic acids is 1. The van der Waals surface area contributed by atoms with Crippen molar-refractivity contribution in [3.63, 3.8) is 0 Å². The molecule has 1 rings (SSSR count). The summed E-state index contributed by atoms with van der Waals surface area (Å²) in [4.78, 5) is 13.5. The average molecular weight is 284 g/mol. The summed E-state index contributed by atoms with van der Waals surface area (Å²) in [7, 11) is 1.79. The first-order valence-corrected chi connectivity index (χ1v) is 7.86. The predicted molar refractivity (Wildman–Crippen MR) is 82.8 cm³/mol. The van der Waals surface area contributed by atoms with E-state index in [2.05, 4.69) is 19.2 Å². The van der Waals surface area contributed by atoms with Crippen molar-refractivity contribution in [1.82, 2.24) is 10.2 Å². The van der Waals surface area contributed by atoms with Gasteiger partial charge in [0, 0.05) is 26.2 Å². The van der Waals surface area contributed by atoms with Crippen LogP contribution in [-0.2, 0) is 4.74 Å². The standard InChI is InChI=1S/C16H32N2O2/c1-12-7-8-14(11-13(12)2)17-9-10-18(6)15(19)20-16(3,4)5/h12-14,17H,7-11H2,1-6H3. The van der Waals surface area contributed by atoms with E-state index in [9.17, 15) is 4.79 Å². The normalized spacial score (nSPS) is 27.2. The Hall–Kier alpha value is -0.770. The molecule has 0 bridgehead atoms. The molecule has 20 heavy (non-hydrogen) atoms. The number of carbonyl (C=O) groups is 1. The van der Waals surface area contributed by atoms with Crippen LogP contribution in [0.2, 0.25) is 0 Å². The zero-order valence-corrected chi connectivity index (χ0v) is 14.0. The lowest BCUT2D eigenvalue weighted by atomic mass is 9.79. The van der Waals surface area contributed by atoms with Crippen molar-refractivity contribution in [2.45, 2.75) is 65.5 Å². The molecule has 1 aliphatic carbocycles. The van der Waals surface area contributed by atoms with Gasteiger partial charge in [0.1, 0.15) is 5.60 Å². The van der Waals surface area contributed by atoms with Crippen molar-refractivity contribution in [2.75, 3.05) is 20.1 Å². The number of ether oxygens (including phenoxy) is 1. The topological polar surface area (TPSA) is 41.6 Å². The number of nitrogens with one attached hydrogen (secondary N) is 1. The van der Waals surface area contributed by atoms with E-state index in [4.69, 9.17) is 4.74 Å². The molecule has 1 amide bonds. The molecule has 0 aromatic heterocycles. The van der Waals surface area contributed by atoms with E-state index in [1.807, 2.05) is 20.8 Å². The van der Waals surface area contributed by atoms with Crippen LogP contribution < -0.4 is 5.32 Å². The monoisotopic (exact) mass is 284 g/mol. The lowest BCUT2D eigenvalue weighted by Gasteiger charge is -2.33. The van der Waals surface area contributed by atoms with Gasteiger partial charge in [0.15, 0.2) is 0 Å². The molecule has 0 spiro atoms. The van der Waals surface area contributed by atoms with Crippen molar-refractivity contribution in [3.8, 4) is 0 Å². The number of hydrogen-bond donors (Lipinski definition) is 1. The summed E-state index contributed by atoms with van der Waals surface area (Å²) in [6, 6.07) is 0.605.